The molecule has 1 aliphatic heterocycles. The second kappa shape index (κ2) is 11.5. The van der Waals surface area contributed by atoms with Gasteiger partial charge in [0.1, 0.15) is 11.4 Å². The molecule has 182 valence electrons. The molecule has 2 heterocycles. The van der Waals surface area contributed by atoms with Gasteiger partial charge in [-0.25, -0.2) is 4.79 Å². The molecular weight excluding hydrogens is 456 g/mol. The number of carbonyl (C=O) groups is 2. The Morgan fingerprint density at radius 1 is 0.917 bits per heavy atom. The summed E-state index contributed by atoms with van der Waals surface area (Å²) >= 11 is 0. The Morgan fingerprint density at radius 3 is 2.22 bits per heavy atom. The lowest BCUT2D eigenvalue weighted by molar-refractivity contribution is 0.0961. The first-order valence-corrected chi connectivity index (χ1v) is 11.5. The SMILES string of the molecule is CCOC(=O)NC1=CC=C(NC(=O)c2cccn(C(c3ccccc3)c3ccccc3)c2=O)NC=C1. The Hall–Kier alpha value is -4.85. The molecular formula is C28H26N4O4. The Morgan fingerprint density at radius 2 is 1.58 bits per heavy atom. The fourth-order valence-electron chi connectivity index (χ4n) is 3.80. The lowest BCUT2D eigenvalue weighted by atomic mass is 9.98. The van der Waals surface area contributed by atoms with Crippen molar-refractivity contribution in [3.05, 3.63) is 142 Å². The van der Waals surface area contributed by atoms with E-state index in [1.165, 1.54) is 6.07 Å². The fraction of sp³-hybridized carbons (Fsp3) is 0.107. The van der Waals surface area contributed by atoms with Gasteiger partial charge in [-0.2, -0.15) is 0 Å². The van der Waals surface area contributed by atoms with Crippen molar-refractivity contribution >= 4 is 12.0 Å². The molecule has 8 nitrogen and oxygen atoms in total. The van der Waals surface area contributed by atoms with E-state index in [1.807, 2.05) is 60.7 Å². The fourth-order valence-corrected chi connectivity index (χ4v) is 3.80. The number of benzene rings is 2. The van der Waals surface area contributed by atoms with Gasteiger partial charge in [-0.15, -0.1) is 0 Å². The molecule has 0 fully saturated rings. The van der Waals surface area contributed by atoms with Crippen molar-refractivity contribution in [3.8, 4) is 0 Å². The molecule has 0 unspecified atom stereocenters. The average molecular weight is 483 g/mol. The van der Waals surface area contributed by atoms with Crippen LogP contribution >= 0.6 is 0 Å². The van der Waals surface area contributed by atoms with Crippen LogP contribution in [0, 0.1) is 0 Å². The number of aromatic nitrogens is 1. The van der Waals surface area contributed by atoms with Crippen molar-refractivity contribution in [1.82, 2.24) is 20.5 Å². The zero-order valence-corrected chi connectivity index (χ0v) is 19.7. The highest BCUT2D eigenvalue weighted by Crippen LogP contribution is 2.25. The molecule has 0 spiro atoms. The molecule has 3 N–H and O–H groups in total. The molecule has 2 aromatic carbocycles. The molecule has 0 atom stereocenters. The first-order valence-electron chi connectivity index (χ1n) is 11.5. The van der Waals surface area contributed by atoms with E-state index in [2.05, 4.69) is 16.0 Å². The zero-order valence-electron chi connectivity index (χ0n) is 19.7. The van der Waals surface area contributed by atoms with Gasteiger partial charge in [-0.05, 0) is 48.4 Å². The summed E-state index contributed by atoms with van der Waals surface area (Å²) in [6.45, 7) is 1.97. The van der Waals surface area contributed by atoms with Gasteiger partial charge in [-0.3, -0.25) is 14.9 Å². The maximum atomic E-state index is 13.5. The lowest BCUT2D eigenvalue weighted by Crippen LogP contribution is -2.36. The van der Waals surface area contributed by atoms with Crippen LogP contribution in [0.3, 0.4) is 0 Å². The first-order chi connectivity index (χ1) is 17.6. The van der Waals surface area contributed by atoms with E-state index in [1.54, 1.807) is 48.2 Å². The van der Waals surface area contributed by atoms with Crippen LogP contribution in [0.2, 0.25) is 0 Å². The molecule has 1 aromatic heterocycles. The number of carbonyl (C=O) groups excluding carboxylic acids is 2. The lowest BCUT2D eigenvalue weighted by Gasteiger charge is -2.21. The normalized spacial score (nSPS) is 12.6. The first kappa shape index (κ1) is 24.3. The molecule has 4 rings (SSSR count). The van der Waals surface area contributed by atoms with Crippen LogP contribution < -0.4 is 21.5 Å². The molecule has 0 radical (unpaired) electrons. The minimum atomic E-state index is -0.578. The summed E-state index contributed by atoms with van der Waals surface area (Å²) < 4.78 is 6.43. The van der Waals surface area contributed by atoms with E-state index in [0.29, 0.717) is 11.5 Å². The van der Waals surface area contributed by atoms with E-state index in [-0.39, 0.29) is 12.2 Å². The summed E-state index contributed by atoms with van der Waals surface area (Å²) in [6, 6.07) is 22.1. The maximum Gasteiger partial charge on any atom is 0.411 e. The van der Waals surface area contributed by atoms with Gasteiger partial charge in [0.05, 0.1) is 12.6 Å². The number of hydrogen-bond donors (Lipinski definition) is 3. The van der Waals surface area contributed by atoms with E-state index < -0.39 is 23.6 Å². The standard InChI is InChI=1S/C28H26N4O4/c1-2-36-28(35)30-22-15-16-24(29-18-17-22)31-26(33)23-14-9-19-32(27(23)34)25(20-10-5-3-6-11-20)21-12-7-4-8-13-21/h3-19,25,29H,2H2,1H3,(H,30,35)(H,31,33). The number of pyridine rings is 1. The molecule has 0 saturated carbocycles. The molecule has 2 amide bonds. The van der Waals surface area contributed by atoms with Crippen LogP contribution in [0.25, 0.3) is 0 Å². The Balaban J connectivity index is 1.61. The second-order valence-electron chi connectivity index (χ2n) is 7.84. The maximum absolute atomic E-state index is 13.5. The molecule has 0 bridgehead atoms. The minimum Gasteiger partial charge on any atom is -0.450 e. The van der Waals surface area contributed by atoms with Crippen molar-refractivity contribution in [2.75, 3.05) is 6.61 Å². The summed E-state index contributed by atoms with van der Waals surface area (Å²) in [6.07, 6.45) is 7.47. The predicted octanol–water partition coefficient (Wildman–Crippen LogP) is 3.80. The molecule has 8 heteroatoms. The van der Waals surface area contributed by atoms with Gasteiger partial charge in [-0.1, -0.05) is 60.7 Å². The summed E-state index contributed by atoms with van der Waals surface area (Å²) in [5.41, 5.74) is 1.90. The molecule has 0 aliphatic carbocycles. The Bertz CT molecular complexity index is 1340. The zero-order chi connectivity index (χ0) is 25.3. The van der Waals surface area contributed by atoms with Crippen LogP contribution in [0.1, 0.15) is 34.5 Å². The second-order valence-corrected chi connectivity index (χ2v) is 7.84. The summed E-state index contributed by atoms with van der Waals surface area (Å²) in [7, 11) is 0. The highest BCUT2D eigenvalue weighted by molar-refractivity contribution is 5.95. The van der Waals surface area contributed by atoms with Gasteiger partial charge in [0.15, 0.2) is 0 Å². The smallest absolute Gasteiger partial charge is 0.411 e. The van der Waals surface area contributed by atoms with Gasteiger partial charge in [0, 0.05) is 18.1 Å². The van der Waals surface area contributed by atoms with Crippen molar-refractivity contribution in [3.63, 3.8) is 0 Å². The summed E-state index contributed by atoms with van der Waals surface area (Å²) in [5.74, 6) is -0.217. The predicted molar refractivity (Wildman–Crippen MR) is 137 cm³/mol. The van der Waals surface area contributed by atoms with Crippen LogP contribution in [0.5, 0.6) is 0 Å². The number of rotatable bonds is 7. The Labute approximate surface area is 208 Å². The molecule has 1 aliphatic rings. The van der Waals surface area contributed by atoms with Gasteiger partial charge in [0.2, 0.25) is 0 Å². The van der Waals surface area contributed by atoms with Crippen molar-refractivity contribution in [2.24, 2.45) is 0 Å². The topological polar surface area (TPSA) is 101 Å². The van der Waals surface area contributed by atoms with Crippen molar-refractivity contribution in [1.29, 1.82) is 0 Å². The number of alkyl carbamates (subject to hydrolysis) is 1. The summed E-state index contributed by atoms with van der Waals surface area (Å²) in [5, 5.41) is 8.23. The molecule has 36 heavy (non-hydrogen) atoms. The highest BCUT2D eigenvalue weighted by Gasteiger charge is 2.21. The van der Waals surface area contributed by atoms with Crippen LogP contribution in [0.15, 0.2) is 120 Å². The van der Waals surface area contributed by atoms with Gasteiger partial charge in [0.25, 0.3) is 11.5 Å². The van der Waals surface area contributed by atoms with E-state index in [0.717, 1.165) is 11.1 Å². The number of ether oxygens (including phenoxy) is 1. The molecule has 0 saturated heterocycles. The van der Waals surface area contributed by atoms with E-state index in [4.69, 9.17) is 4.74 Å². The number of nitrogens with one attached hydrogen (secondary N) is 3. The van der Waals surface area contributed by atoms with Crippen LogP contribution in [0.4, 0.5) is 4.79 Å². The van der Waals surface area contributed by atoms with Crippen LogP contribution in [-0.2, 0) is 4.74 Å². The van der Waals surface area contributed by atoms with Gasteiger partial charge < -0.3 is 19.9 Å². The quantitative estimate of drug-likeness (QED) is 0.476. The third kappa shape index (κ3) is 5.79. The van der Waals surface area contributed by atoms with E-state index >= 15 is 0 Å². The number of amides is 2. The number of allylic oxidation sites excluding steroid dienone is 3. The van der Waals surface area contributed by atoms with Crippen molar-refractivity contribution < 1.29 is 14.3 Å². The number of hydrogen-bond acceptors (Lipinski definition) is 5. The third-order valence-corrected chi connectivity index (χ3v) is 5.43. The highest BCUT2D eigenvalue weighted by atomic mass is 16.5. The minimum absolute atomic E-state index is 0.000796. The van der Waals surface area contributed by atoms with Crippen LogP contribution in [-0.4, -0.2) is 23.2 Å². The largest absolute Gasteiger partial charge is 0.450 e. The third-order valence-electron chi connectivity index (χ3n) is 5.43. The molecule has 3 aromatic rings. The van der Waals surface area contributed by atoms with Crippen molar-refractivity contribution in [2.45, 2.75) is 13.0 Å². The van der Waals surface area contributed by atoms with E-state index in [9.17, 15) is 14.4 Å². The van der Waals surface area contributed by atoms with Gasteiger partial charge >= 0.3 is 6.09 Å². The number of nitrogens with zero attached hydrogens (tertiary/aromatic N) is 1. The summed E-state index contributed by atoms with van der Waals surface area (Å²) in [4.78, 5) is 38.3. The monoisotopic (exact) mass is 482 g/mol. The Kier molecular flexibility index (Phi) is 7.77. The average Bonchev–Trinajstić information content (AvgIpc) is 3.11.